The van der Waals surface area contributed by atoms with Gasteiger partial charge in [-0.1, -0.05) is 11.2 Å². The van der Waals surface area contributed by atoms with Crippen LogP contribution in [0.5, 0.6) is 11.5 Å². The zero-order chi connectivity index (χ0) is 19.2. The topological polar surface area (TPSA) is 95.7 Å². The summed E-state index contributed by atoms with van der Waals surface area (Å²) in [6.45, 7) is 2.84. The highest BCUT2D eigenvalue weighted by atomic mass is 16.5. The highest BCUT2D eigenvalue weighted by Gasteiger charge is 2.30. The normalized spacial score (nSPS) is 16.0. The second-order valence-electron chi connectivity index (χ2n) is 6.54. The molecule has 1 aromatic carbocycles. The third kappa shape index (κ3) is 4.77. The monoisotopic (exact) mass is 375 g/mol. The fraction of sp³-hybridized carbons (Fsp3) is 0.526. The minimum atomic E-state index is -0.293. The van der Waals surface area contributed by atoms with E-state index in [4.69, 9.17) is 18.7 Å². The zero-order valence-corrected chi connectivity index (χ0v) is 15.9. The molecule has 1 fully saturated rings. The van der Waals surface area contributed by atoms with Crippen LogP contribution in [-0.2, 0) is 16.0 Å². The van der Waals surface area contributed by atoms with Gasteiger partial charge in [0.25, 0.3) is 0 Å². The predicted molar refractivity (Wildman–Crippen MR) is 96.8 cm³/mol. The van der Waals surface area contributed by atoms with Gasteiger partial charge in [0.05, 0.1) is 14.2 Å². The Morgan fingerprint density at radius 2 is 2.00 bits per heavy atom. The number of nitrogens with zero attached hydrogens (tertiary/aromatic N) is 2. The van der Waals surface area contributed by atoms with Gasteiger partial charge in [0.15, 0.2) is 17.3 Å². The van der Waals surface area contributed by atoms with Crippen molar-refractivity contribution >= 4 is 5.91 Å². The number of carbonyl (C=O) groups is 1. The molecule has 1 amide bonds. The molecule has 2 heterocycles. The van der Waals surface area contributed by atoms with E-state index in [1.807, 2.05) is 18.2 Å². The maximum Gasteiger partial charge on any atom is 0.249 e. The molecule has 1 saturated heterocycles. The van der Waals surface area contributed by atoms with Crippen molar-refractivity contribution in [3.8, 4) is 11.5 Å². The number of methoxy groups -OCH3 is 2. The number of aromatic nitrogens is 2. The summed E-state index contributed by atoms with van der Waals surface area (Å²) >= 11 is 0. The summed E-state index contributed by atoms with van der Waals surface area (Å²) in [5.41, 5.74) is 0.974. The minimum absolute atomic E-state index is 0.119. The molecule has 146 valence electrons. The van der Waals surface area contributed by atoms with E-state index in [0.717, 1.165) is 18.4 Å². The van der Waals surface area contributed by atoms with Gasteiger partial charge >= 0.3 is 0 Å². The summed E-state index contributed by atoms with van der Waals surface area (Å²) in [7, 11) is 3.20. The van der Waals surface area contributed by atoms with Crippen LogP contribution >= 0.6 is 0 Å². The van der Waals surface area contributed by atoms with Gasteiger partial charge in [0.1, 0.15) is 6.04 Å². The Kier molecular flexibility index (Phi) is 6.28. The van der Waals surface area contributed by atoms with Gasteiger partial charge in [-0.15, -0.1) is 0 Å². The van der Waals surface area contributed by atoms with Crippen molar-refractivity contribution in [1.82, 2.24) is 15.5 Å². The molecular weight excluding hydrogens is 350 g/mol. The molecule has 1 N–H and O–H groups in total. The Labute approximate surface area is 158 Å². The molecule has 8 nitrogen and oxygen atoms in total. The number of hydrogen-bond donors (Lipinski definition) is 1. The summed E-state index contributed by atoms with van der Waals surface area (Å²) in [5.74, 6) is 2.41. The second-order valence-corrected chi connectivity index (χ2v) is 6.54. The molecule has 1 aliphatic heterocycles. The third-order valence-corrected chi connectivity index (χ3v) is 4.66. The lowest BCUT2D eigenvalue weighted by atomic mass is 9.91. The molecule has 1 aromatic heterocycles. The number of carbonyl (C=O) groups excluding carboxylic acids is 1. The third-order valence-electron chi connectivity index (χ3n) is 4.66. The fourth-order valence-electron chi connectivity index (χ4n) is 3.29. The molecule has 8 heteroatoms. The van der Waals surface area contributed by atoms with Crippen molar-refractivity contribution in [1.29, 1.82) is 0 Å². The zero-order valence-electron chi connectivity index (χ0n) is 15.9. The first-order valence-electron chi connectivity index (χ1n) is 8.99. The molecule has 1 atom stereocenters. The van der Waals surface area contributed by atoms with Crippen LogP contribution in [0.15, 0.2) is 22.7 Å². The van der Waals surface area contributed by atoms with Crippen LogP contribution in [0.2, 0.25) is 0 Å². The smallest absolute Gasteiger partial charge is 0.249 e. The molecule has 1 aliphatic rings. The van der Waals surface area contributed by atoms with Crippen molar-refractivity contribution in [2.45, 2.75) is 32.2 Å². The highest BCUT2D eigenvalue weighted by Crippen LogP contribution is 2.30. The maximum atomic E-state index is 11.6. The lowest BCUT2D eigenvalue weighted by Crippen LogP contribution is -2.35. The van der Waals surface area contributed by atoms with E-state index in [9.17, 15) is 4.79 Å². The molecule has 0 spiro atoms. The van der Waals surface area contributed by atoms with Gasteiger partial charge in [0, 0.05) is 26.6 Å². The first-order valence-corrected chi connectivity index (χ1v) is 8.99. The standard InChI is InChI=1S/C19H25N3O5/c1-12(23)20-18(14-6-8-26-9-7-14)19-21-17(22-27-19)11-13-4-5-15(24-2)16(10-13)25-3/h4-5,10,14,18H,6-9,11H2,1-3H3,(H,20,23). The first kappa shape index (κ1) is 19.2. The van der Waals surface area contributed by atoms with Gasteiger partial charge in [-0.2, -0.15) is 4.98 Å². The maximum absolute atomic E-state index is 11.6. The molecule has 0 aliphatic carbocycles. The summed E-state index contributed by atoms with van der Waals surface area (Å²) in [5, 5.41) is 7.04. The second kappa shape index (κ2) is 8.85. The molecule has 1 unspecified atom stereocenters. The highest BCUT2D eigenvalue weighted by molar-refractivity contribution is 5.73. The van der Waals surface area contributed by atoms with Crippen LogP contribution in [0.3, 0.4) is 0 Å². The lowest BCUT2D eigenvalue weighted by Gasteiger charge is -2.28. The van der Waals surface area contributed by atoms with E-state index in [-0.39, 0.29) is 17.9 Å². The molecule has 3 rings (SSSR count). The van der Waals surface area contributed by atoms with Gasteiger partial charge in [-0.3, -0.25) is 4.79 Å². The van der Waals surface area contributed by atoms with Crippen molar-refractivity contribution < 1.29 is 23.5 Å². The molecule has 0 saturated carbocycles. The van der Waals surface area contributed by atoms with Crippen LogP contribution < -0.4 is 14.8 Å². The van der Waals surface area contributed by atoms with E-state index in [1.165, 1.54) is 6.92 Å². The van der Waals surface area contributed by atoms with Crippen LogP contribution in [0.4, 0.5) is 0 Å². The Balaban J connectivity index is 1.76. The van der Waals surface area contributed by atoms with E-state index in [2.05, 4.69) is 15.5 Å². The number of ether oxygens (including phenoxy) is 3. The number of amides is 1. The summed E-state index contributed by atoms with van der Waals surface area (Å²) < 4.78 is 21.5. The Hall–Kier alpha value is -2.61. The predicted octanol–water partition coefficient (Wildman–Crippen LogP) is 2.28. The lowest BCUT2D eigenvalue weighted by molar-refractivity contribution is -0.120. The number of nitrogens with one attached hydrogen (secondary N) is 1. The number of rotatable bonds is 7. The average Bonchev–Trinajstić information content (AvgIpc) is 3.14. The molecule has 2 aromatic rings. The van der Waals surface area contributed by atoms with Gasteiger partial charge in [-0.05, 0) is 36.5 Å². The Bertz CT molecular complexity index is 770. The van der Waals surface area contributed by atoms with Crippen molar-refractivity contribution in [2.24, 2.45) is 5.92 Å². The van der Waals surface area contributed by atoms with E-state index in [0.29, 0.717) is 42.8 Å². The van der Waals surface area contributed by atoms with Crippen LogP contribution in [0, 0.1) is 5.92 Å². The number of benzene rings is 1. The summed E-state index contributed by atoms with van der Waals surface area (Å²) in [6.07, 6.45) is 2.18. The molecule has 0 radical (unpaired) electrons. The van der Waals surface area contributed by atoms with E-state index < -0.39 is 0 Å². The van der Waals surface area contributed by atoms with Crippen LogP contribution in [0.1, 0.15) is 43.1 Å². The summed E-state index contributed by atoms with van der Waals surface area (Å²) in [4.78, 5) is 16.2. The fourth-order valence-corrected chi connectivity index (χ4v) is 3.29. The van der Waals surface area contributed by atoms with Gasteiger partial charge < -0.3 is 24.1 Å². The SMILES string of the molecule is COc1ccc(Cc2noc(C(NC(C)=O)C3CCOCC3)n2)cc1OC. The quantitative estimate of drug-likeness (QED) is 0.793. The van der Waals surface area contributed by atoms with Crippen LogP contribution in [-0.4, -0.2) is 43.5 Å². The van der Waals surface area contributed by atoms with Crippen molar-refractivity contribution in [2.75, 3.05) is 27.4 Å². The minimum Gasteiger partial charge on any atom is -0.493 e. The average molecular weight is 375 g/mol. The first-order chi connectivity index (χ1) is 13.1. The summed E-state index contributed by atoms with van der Waals surface area (Å²) in [6, 6.07) is 5.37. The van der Waals surface area contributed by atoms with Crippen molar-refractivity contribution in [3.05, 3.63) is 35.5 Å². The number of hydrogen-bond acceptors (Lipinski definition) is 7. The Morgan fingerprint density at radius 1 is 1.26 bits per heavy atom. The Morgan fingerprint density at radius 3 is 2.67 bits per heavy atom. The molecule has 27 heavy (non-hydrogen) atoms. The van der Waals surface area contributed by atoms with Crippen LogP contribution in [0.25, 0.3) is 0 Å². The van der Waals surface area contributed by atoms with Crippen molar-refractivity contribution in [3.63, 3.8) is 0 Å². The van der Waals surface area contributed by atoms with E-state index >= 15 is 0 Å². The molecular formula is C19H25N3O5. The molecule has 0 bridgehead atoms. The largest absolute Gasteiger partial charge is 0.493 e. The van der Waals surface area contributed by atoms with Gasteiger partial charge in [-0.25, -0.2) is 0 Å². The van der Waals surface area contributed by atoms with Gasteiger partial charge in [0.2, 0.25) is 11.8 Å². The van der Waals surface area contributed by atoms with E-state index in [1.54, 1.807) is 14.2 Å².